The summed E-state index contributed by atoms with van der Waals surface area (Å²) in [6.07, 6.45) is 0. The van der Waals surface area contributed by atoms with Crippen LogP contribution in [0, 0.1) is 11.3 Å². The van der Waals surface area contributed by atoms with E-state index in [0.29, 0.717) is 0 Å². The van der Waals surface area contributed by atoms with Crippen LogP contribution < -0.4 is 9.47 Å². The molecule has 9 nitrogen and oxygen atoms in total. The molecule has 0 fully saturated rings. The van der Waals surface area contributed by atoms with E-state index in [1.165, 1.54) is 36.4 Å². The van der Waals surface area contributed by atoms with E-state index in [1.54, 1.807) is 6.07 Å². The van der Waals surface area contributed by atoms with Gasteiger partial charge in [0.1, 0.15) is 34.6 Å². The first-order valence-electron chi connectivity index (χ1n) is 8.12. The molecule has 2 N–H and O–H groups in total. The summed E-state index contributed by atoms with van der Waals surface area (Å²) in [5.41, 5.74) is 0.0372. The van der Waals surface area contributed by atoms with Gasteiger partial charge in [0.2, 0.25) is 0 Å². The summed E-state index contributed by atoms with van der Waals surface area (Å²) in [5.74, 6) is 0.690. The van der Waals surface area contributed by atoms with E-state index in [-0.39, 0.29) is 38.4 Å². The molecule has 0 aliphatic rings. The van der Waals surface area contributed by atoms with E-state index in [0.717, 1.165) is 24.3 Å². The Labute approximate surface area is 172 Å². The van der Waals surface area contributed by atoms with Gasteiger partial charge in [0.05, 0.1) is 9.79 Å². The van der Waals surface area contributed by atoms with Gasteiger partial charge in [-0.15, -0.1) is 0 Å². The molecule has 0 heterocycles. The number of benzene rings is 3. The molecule has 3 aromatic rings. The van der Waals surface area contributed by atoms with Crippen molar-refractivity contribution < 1.29 is 35.4 Å². The van der Waals surface area contributed by atoms with Crippen LogP contribution in [0.5, 0.6) is 23.0 Å². The first-order chi connectivity index (χ1) is 14.1. The second-order valence-corrected chi connectivity index (χ2v) is 8.68. The van der Waals surface area contributed by atoms with Crippen molar-refractivity contribution in [3.63, 3.8) is 0 Å². The van der Waals surface area contributed by atoms with Crippen LogP contribution in [-0.4, -0.2) is 25.9 Å². The van der Waals surface area contributed by atoms with E-state index >= 15 is 0 Å². The summed E-state index contributed by atoms with van der Waals surface area (Å²) in [6.45, 7) is 0. The molecule has 0 bridgehead atoms. The minimum atomic E-state index is -4.34. The minimum absolute atomic E-state index is 0.0372. The SMILES string of the molecule is N#Cc1c(Oc2ccc(S(=O)(=O)O)cc2)cccc1Oc1ccc(S(=O)(=O)O)cc1. The van der Waals surface area contributed by atoms with E-state index in [1.807, 2.05) is 6.07 Å². The van der Waals surface area contributed by atoms with Gasteiger partial charge in [0.25, 0.3) is 20.2 Å². The quantitative estimate of drug-likeness (QED) is 0.540. The molecule has 3 rings (SSSR count). The molecule has 0 unspecified atom stereocenters. The summed E-state index contributed by atoms with van der Waals surface area (Å²) in [5, 5.41) is 9.52. The molecule has 0 spiro atoms. The van der Waals surface area contributed by atoms with Gasteiger partial charge in [0.15, 0.2) is 0 Å². The zero-order valence-electron chi connectivity index (χ0n) is 15.0. The largest absolute Gasteiger partial charge is 0.456 e. The molecule has 154 valence electrons. The highest BCUT2D eigenvalue weighted by Gasteiger charge is 2.15. The van der Waals surface area contributed by atoms with Crippen molar-refractivity contribution in [2.24, 2.45) is 0 Å². The average Bonchev–Trinajstić information content (AvgIpc) is 2.68. The molecule has 0 aromatic heterocycles. The van der Waals surface area contributed by atoms with Crippen molar-refractivity contribution in [2.75, 3.05) is 0 Å². The Balaban J connectivity index is 1.87. The third kappa shape index (κ3) is 4.94. The van der Waals surface area contributed by atoms with Crippen molar-refractivity contribution in [2.45, 2.75) is 9.79 Å². The van der Waals surface area contributed by atoms with E-state index in [2.05, 4.69) is 0 Å². The number of hydrogen-bond acceptors (Lipinski definition) is 7. The fraction of sp³-hybridized carbons (Fsp3) is 0. The second kappa shape index (κ2) is 8.13. The molecule has 0 saturated carbocycles. The molecule has 30 heavy (non-hydrogen) atoms. The lowest BCUT2D eigenvalue weighted by molar-refractivity contribution is 0.456. The van der Waals surface area contributed by atoms with Crippen LogP contribution in [0.15, 0.2) is 76.5 Å². The van der Waals surface area contributed by atoms with Crippen LogP contribution in [0.25, 0.3) is 0 Å². The molecular weight excluding hydrogens is 434 g/mol. The number of rotatable bonds is 6. The Morgan fingerprint density at radius 2 is 1.03 bits per heavy atom. The summed E-state index contributed by atoms with van der Waals surface area (Å²) >= 11 is 0. The lowest BCUT2D eigenvalue weighted by Gasteiger charge is -2.12. The van der Waals surface area contributed by atoms with E-state index < -0.39 is 20.2 Å². The number of ether oxygens (including phenoxy) is 2. The molecule has 3 aromatic carbocycles. The fourth-order valence-electron chi connectivity index (χ4n) is 2.40. The highest BCUT2D eigenvalue weighted by Crippen LogP contribution is 2.34. The summed E-state index contributed by atoms with van der Waals surface area (Å²) < 4.78 is 73.7. The number of hydrogen-bond donors (Lipinski definition) is 2. The molecule has 0 aliphatic carbocycles. The topological polar surface area (TPSA) is 151 Å². The van der Waals surface area contributed by atoms with E-state index in [9.17, 15) is 22.1 Å². The normalized spacial score (nSPS) is 11.5. The van der Waals surface area contributed by atoms with Crippen molar-refractivity contribution in [1.82, 2.24) is 0 Å². The zero-order chi connectivity index (χ0) is 21.9. The second-order valence-electron chi connectivity index (χ2n) is 5.84. The zero-order valence-corrected chi connectivity index (χ0v) is 16.6. The van der Waals surface area contributed by atoms with Gasteiger partial charge in [-0.2, -0.15) is 22.1 Å². The Kier molecular flexibility index (Phi) is 5.77. The molecular formula is C19H13NO8S2. The summed E-state index contributed by atoms with van der Waals surface area (Å²) in [4.78, 5) is -0.610. The Morgan fingerprint density at radius 3 is 1.33 bits per heavy atom. The van der Waals surface area contributed by atoms with Gasteiger partial charge >= 0.3 is 0 Å². The molecule has 0 radical (unpaired) electrons. The van der Waals surface area contributed by atoms with Crippen molar-refractivity contribution in [3.8, 4) is 29.1 Å². The predicted molar refractivity (Wildman–Crippen MR) is 104 cm³/mol. The maximum atomic E-state index is 11.1. The van der Waals surface area contributed by atoms with Crippen LogP contribution in [-0.2, 0) is 20.2 Å². The number of nitrogens with zero attached hydrogens (tertiary/aromatic N) is 1. The highest BCUT2D eigenvalue weighted by atomic mass is 32.2. The molecule has 0 amide bonds. The van der Waals surface area contributed by atoms with Gasteiger partial charge in [-0.25, -0.2) is 0 Å². The van der Waals surface area contributed by atoms with Crippen molar-refractivity contribution in [3.05, 3.63) is 72.3 Å². The van der Waals surface area contributed by atoms with Crippen LogP contribution in [0.3, 0.4) is 0 Å². The maximum absolute atomic E-state index is 11.1. The molecule has 11 heteroatoms. The lowest BCUT2D eigenvalue weighted by atomic mass is 10.2. The predicted octanol–water partition coefficient (Wildman–Crippen LogP) is 3.64. The van der Waals surface area contributed by atoms with Crippen LogP contribution in [0.2, 0.25) is 0 Å². The Hall–Kier alpha value is -3.43. The van der Waals surface area contributed by atoms with Crippen LogP contribution >= 0.6 is 0 Å². The molecule has 0 atom stereocenters. The Morgan fingerprint density at radius 1 is 0.667 bits per heavy atom. The van der Waals surface area contributed by atoms with Crippen molar-refractivity contribution in [1.29, 1.82) is 5.26 Å². The van der Waals surface area contributed by atoms with Crippen LogP contribution in [0.4, 0.5) is 0 Å². The first-order valence-corrected chi connectivity index (χ1v) is 11.0. The van der Waals surface area contributed by atoms with E-state index in [4.69, 9.17) is 18.6 Å². The summed E-state index contributed by atoms with van der Waals surface area (Å²) in [7, 11) is -8.68. The maximum Gasteiger partial charge on any atom is 0.294 e. The summed E-state index contributed by atoms with van der Waals surface area (Å²) in [6, 6.07) is 16.4. The standard InChI is InChI=1S/C19H13NO8S2/c20-12-17-18(27-13-4-8-15(9-5-13)29(21,22)23)2-1-3-19(17)28-14-6-10-16(11-7-14)30(24,25)26/h1-11H,(H,21,22,23)(H,24,25,26). The van der Waals surface area contributed by atoms with Gasteiger partial charge in [-0.05, 0) is 60.7 Å². The minimum Gasteiger partial charge on any atom is -0.456 e. The average molecular weight is 447 g/mol. The monoisotopic (exact) mass is 447 g/mol. The Bertz CT molecular complexity index is 1230. The fourth-order valence-corrected chi connectivity index (χ4v) is 3.36. The third-order valence-electron chi connectivity index (χ3n) is 3.80. The number of nitriles is 1. The first kappa shape index (κ1) is 21.3. The van der Waals surface area contributed by atoms with Crippen LogP contribution in [0.1, 0.15) is 5.56 Å². The third-order valence-corrected chi connectivity index (χ3v) is 5.53. The van der Waals surface area contributed by atoms with Gasteiger partial charge in [-0.3, -0.25) is 9.11 Å². The van der Waals surface area contributed by atoms with Gasteiger partial charge in [0, 0.05) is 0 Å². The molecule has 0 saturated heterocycles. The van der Waals surface area contributed by atoms with Crippen molar-refractivity contribution >= 4 is 20.2 Å². The highest BCUT2D eigenvalue weighted by molar-refractivity contribution is 7.86. The smallest absolute Gasteiger partial charge is 0.294 e. The lowest BCUT2D eigenvalue weighted by Crippen LogP contribution is -1.98. The molecule has 0 aliphatic heterocycles. The van der Waals surface area contributed by atoms with Gasteiger partial charge in [-0.1, -0.05) is 6.07 Å². The van der Waals surface area contributed by atoms with Gasteiger partial charge < -0.3 is 9.47 Å².